The summed E-state index contributed by atoms with van der Waals surface area (Å²) in [5, 5.41) is 0. The van der Waals surface area contributed by atoms with Crippen molar-refractivity contribution in [3.05, 3.63) is 0 Å². The summed E-state index contributed by atoms with van der Waals surface area (Å²) in [5.74, 6) is -0.216. The molecule has 1 rings (SSSR count). The highest BCUT2D eigenvalue weighted by molar-refractivity contribution is 5.75. The highest BCUT2D eigenvalue weighted by Gasteiger charge is 2.17. The maximum Gasteiger partial charge on any atom is 0.231 e. The monoisotopic (exact) mass is 184 g/mol. The second-order valence-corrected chi connectivity index (χ2v) is 4.03. The predicted octanol–water partition coefficient (Wildman–Crippen LogP) is 1.13. The molecule has 1 aliphatic carbocycles. The van der Waals surface area contributed by atoms with Crippen molar-refractivity contribution < 1.29 is 4.79 Å². The summed E-state index contributed by atoms with van der Waals surface area (Å²) in [4.78, 5) is 12.8. The second-order valence-electron chi connectivity index (χ2n) is 4.03. The Bertz CT molecular complexity index is 162. The van der Waals surface area contributed by atoms with Gasteiger partial charge in [0.25, 0.3) is 0 Å². The molecule has 0 spiro atoms. The molecular weight excluding hydrogens is 164 g/mol. The van der Waals surface area contributed by atoms with Gasteiger partial charge < -0.3 is 5.73 Å². The molecule has 2 N–H and O–H groups in total. The Kier molecular flexibility index (Phi) is 4.22. The fourth-order valence-electron chi connectivity index (χ4n) is 2.07. The summed E-state index contributed by atoms with van der Waals surface area (Å²) < 4.78 is 0. The maximum atomic E-state index is 10.7. The molecule has 0 heterocycles. The summed E-state index contributed by atoms with van der Waals surface area (Å²) in [6.07, 6.45) is 7.75. The van der Waals surface area contributed by atoms with Crippen LogP contribution in [-0.4, -0.2) is 30.4 Å². The summed E-state index contributed by atoms with van der Waals surface area (Å²) in [6.45, 7) is 0.407. The van der Waals surface area contributed by atoms with Gasteiger partial charge in [0.2, 0.25) is 5.91 Å². The van der Waals surface area contributed by atoms with Crippen LogP contribution in [0.4, 0.5) is 0 Å². The molecule has 1 fully saturated rings. The molecule has 0 aliphatic heterocycles. The van der Waals surface area contributed by atoms with Gasteiger partial charge in [-0.3, -0.25) is 9.69 Å². The molecule has 3 nitrogen and oxygen atoms in total. The Morgan fingerprint density at radius 2 is 1.85 bits per heavy atom. The van der Waals surface area contributed by atoms with Gasteiger partial charge in [-0.25, -0.2) is 0 Å². The van der Waals surface area contributed by atoms with Gasteiger partial charge in [0, 0.05) is 6.04 Å². The summed E-state index contributed by atoms with van der Waals surface area (Å²) in [6, 6.07) is 0.579. The van der Waals surface area contributed by atoms with Gasteiger partial charge in [-0.05, 0) is 19.9 Å². The Hall–Kier alpha value is -0.570. The SMILES string of the molecule is CN(CC(N)=O)C1CCCCCC1. The lowest BCUT2D eigenvalue weighted by molar-refractivity contribution is -0.119. The Morgan fingerprint density at radius 1 is 1.31 bits per heavy atom. The van der Waals surface area contributed by atoms with Crippen molar-refractivity contribution in [2.75, 3.05) is 13.6 Å². The molecule has 0 radical (unpaired) electrons. The number of nitrogens with zero attached hydrogens (tertiary/aromatic N) is 1. The van der Waals surface area contributed by atoms with Crippen LogP contribution in [0.25, 0.3) is 0 Å². The normalized spacial score (nSPS) is 20.2. The fraction of sp³-hybridized carbons (Fsp3) is 0.900. The van der Waals surface area contributed by atoms with Crippen LogP contribution in [0.5, 0.6) is 0 Å². The zero-order valence-electron chi connectivity index (χ0n) is 8.46. The number of likely N-dealkylation sites (N-methyl/N-ethyl adjacent to an activating group) is 1. The zero-order chi connectivity index (χ0) is 9.68. The molecule has 0 aromatic heterocycles. The van der Waals surface area contributed by atoms with Gasteiger partial charge in [0.05, 0.1) is 6.54 Å². The van der Waals surface area contributed by atoms with E-state index in [1.165, 1.54) is 38.5 Å². The number of amides is 1. The third kappa shape index (κ3) is 3.77. The predicted molar refractivity (Wildman–Crippen MR) is 53.3 cm³/mol. The van der Waals surface area contributed by atoms with E-state index in [2.05, 4.69) is 4.90 Å². The van der Waals surface area contributed by atoms with Gasteiger partial charge in [0.15, 0.2) is 0 Å². The Balaban J connectivity index is 2.34. The van der Waals surface area contributed by atoms with Crippen LogP contribution in [0.15, 0.2) is 0 Å². The molecule has 0 aromatic rings. The highest BCUT2D eigenvalue weighted by Crippen LogP contribution is 2.20. The molecule has 0 saturated heterocycles. The summed E-state index contributed by atoms with van der Waals surface area (Å²) >= 11 is 0. The van der Waals surface area contributed by atoms with Crippen LogP contribution in [0.1, 0.15) is 38.5 Å². The van der Waals surface area contributed by atoms with Gasteiger partial charge in [-0.1, -0.05) is 25.7 Å². The average Bonchev–Trinajstić information content (AvgIpc) is 2.29. The molecule has 0 bridgehead atoms. The lowest BCUT2D eigenvalue weighted by Crippen LogP contribution is -2.38. The minimum absolute atomic E-state index is 0.216. The summed E-state index contributed by atoms with van der Waals surface area (Å²) in [7, 11) is 2.00. The fourth-order valence-corrected chi connectivity index (χ4v) is 2.07. The summed E-state index contributed by atoms with van der Waals surface area (Å²) in [5.41, 5.74) is 5.16. The van der Waals surface area contributed by atoms with Crippen molar-refractivity contribution in [3.8, 4) is 0 Å². The lowest BCUT2D eigenvalue weighted by Gasteiger charge is -2.25. The number of hydrogen-bond acceptors (Lipinski definition) is 2. The highest BCUT2D eigenvalue weighted by atomic mass is 16.1. The van der Waals surface area contributed by atoms with Crippen LogP contribution in [0.3, 0.4) is 0 Å². The van der Waals surface area contributed by atoms with Gasteiger partial charge in [0.1, 0.15) is 0 Å². The molecular formula is C10H20N2O. The van der Waals surface area contributed by atoms with E-state index in [9.17, 15) is 4.79 Å². The number of carbonyl (C=O) groups excluding carboxylic acids is 1. The first kappa shape index (κ1) is 10.5. The Morgan fingerprint density at radius 3 is 2.31 bits per heavy atom. The van der Waals surface area contributed by atoms with Crippen LogP contribution >= 0.6 is 0 Å². The molecule has 0 aromatic carbocycles. The maximum absolute atomic E-state index is 10.7. The topological polar surface area (TPSA) is 46.3 Å². The number of carbonyl (C=O) groups is 1. The zero-order valence-corrected chi connectivity index (χ0v) is 8.46. The molecule has 1 amide bonds. The van der Waals surface area contributed by atoms with Crippen molar-refractivity contribution in [2.45, 2.75) is 44.6 Å². The van der Waals surface area contributed by atoms with Crippen molar-refractivity contribution in [1.82, 2.24) is 4.90 Å². The first-order valence-corrected chi connectivity index (χ1v) is 5.18. The lowest BCUT2D eigenvalue weighted by atomic mass is 10.1. The van der Waals surface area contributed by atoms with Crippen LogP contribution in [0.2, 0.25) is 0 Å². The molecule has 1 aliphatic rings. The van der Waals surface area contributed by atoms with Gasteiger partial charge in [-0.15, -0.1) is 0 Å². The third-order valence-electron chi connectivity index (χ3n) is 2.85. The van der Waals surface area contributed by atoms with Crippen molar-refractivity contribution in [2.24, 2.45) is 5.73 Å². The Labute approximate surface area is 80.3 Å². The molecule has 13 heavy (non-hydrogen) atoms. The van der Waals surface area contributed by atoms with Crippen LogP contribution in [0, 0.1) is 0 Å². The number of primary amides is 1. The first-order valence-electron chi connectivity index (χ1n) is 5.18. The van der Waals surface area contributed by atoms with Crippen LogP contribution < -0.4 is 5.73 Å². The smallest absolute Gasteiger partial charge is 0.231 e. The average molecular weight is 184 g/mol. The molecule has 0 unspecified atom stereocenters. The molecule has 0 atom stereocenters. The first-order chi connectivity index (χ1) is 6.20. The standard InChI is InChI=1S/C10H20N2O/c1-12(8-10(11)13)9-6-4-2-3-5-7-9/h9H,2-8H2,1H3,(H2,11,13). The molecule has 76 valence electrons. The van der Waals surface area contributed by atoms with Crippen molar-refractivity contribution >= 4 is 5.91 Å². The molecule has 3 heteroatoms. The van der Waals surface area contributed by atoms with E-state index in [4.69, 9.17) is 5.73 Å². The van der Waals surface area contributed by atoms with Gasteiger partial charge in [-0.2, -0.15) is 0 Å². The minimum Gasteiger partial charge on any atom is -0.369 e. The van der Waals surface area contributed by atoms with Crippen molar-refractivity contribution in [1.29, 1.82) is 0 Å². The number of hydrogen-bond donors (Lipinski definition) is 1. The van der Waals surface area contributed by atoms with E-state index >= 15 is 0 Å². The van der Waals surface area contributed by atoms with E-state index in [0.29, 0.717) is 12.6 Å². The van der Waals surface area contributed by atoms with E-state index in [0.717, 1.165) is 0 Å². The van der Waals surface area contributed by atoms with Gasteiger partial charge >= 0.3 is 0 Å². The minimum atomic E-state index is -0.216. The van der Waals surface area contributed by atoms with E-state index < -0.39 is 0 Å². The quantitative estimate of drug-likeness (QED) is 0.668. The van der Waals surface area contributed by atoms with E-state index in [-0.39, 0.29) is 5.91 Å². The van der Waals surface area contributed by atoms with E-state index in [1.54, 1.807) is 0 Å². The number of rotatable bonds is 3. The molecule has 1 saturated carbocycles. The third-order valence-corrected chi connectivity index (χ3v) is 2.85. The number of nitrogens with two attached hydrogens (primary N) is 1. The van der Waals surface area contributed by atoms with E-state index in [1.807, 2.05) is 7.05 Å². The van der Waals surface area contributed by atoms with Crippen molar-refractivity contribution in [3.63, 3.8) is 0 Å². The van der Waals surface area contributed by atoms with Crippen LogP contribution in [-0.2, 0) is 4.79 Å². The second kappa shape index (κ2) is 5.22. The largest absolute Gasteiger partial charge is 0.369 e.